The van der Waals surface area contributed by atoms with Crippen LogP contribution in [0.2, 0.25) is 0 Å². The highest BCUT2D eigenvalue weighted by atomic mass is 15.4. The molecule has 1 aliphatic carbocycles. The van der Waals surface area contributed by atoms with Gasteiger partial charge in [-0.1, -0.05) is 64.8 Å². The third-order valence-electron chi connectivity index (χ3n) is 5.71. The standard InChI is InChI=1S/C18H30N2/c1-6-14-8-10-15-12-19-20-13-18(5,16(15)11-9-14)17(3,4)7-2/h8,10-11,19-20H,6-7,9,12-13H2,1-5H3. The molecule has 0 aromatic carbocycles. The van der Waals surface area contributed by atoms with Crippen LogP contribution >= 0.6 is 0 Å². The summed E-state index contributed by atoms with van der Waals surface area (Å²) in [5.74, 6) is 0. The van der Waals surface area contributed by atoms with Crippen molar-refractivity contribution in [2.24, 2.45) is 10.8 Å². The van der Waals surface area contributed by atoms with Crippen LogP contribution in [0.15, 0.2) is 34.9 Å². The molecule has 1 aliphatic heterocycles. The molecule has 2 N–H and O–H groups in total. The summed E-state index contributed by atoms with van der Waals surface area (Å²) in [6.45, 7) is 13.7. The number of fused-ring (bicyclic) bond motifs is 1. The molecule has 1 heterocycles. The highest BCUT2D eigenvalue weighted by Gasteiger charge is 2.44. The average molecular weight is 274 g/mol. The van der Waals surface area contributed by atoms with Crippen LogP contribution in [0.5, 0.6) is 0 Å². The second-order valence-corrected chi connectivity index (χ2v) is 6.97. The summed E-state index contributed by atoms with van der Waals surface area (Å²) in [5.41, 5.74) is 11.8. The summed E-state index contributed by atoms with van der Waals surface area (Å²) in [6, 6.07) is 0. The van der Waals surface area contributed by atoms with Gasteiger partial charge >= 0.3 is 0 Å². The van der Waals surface area contributed by atoms with Gasteiger partial charge in [-0.25, -0.2) is 0 Å². The largest absolute Gasteiger partial charge is 0.257 e. The summed E-state index contributed by atoms with van der Waals surface area (Å²) in [6.07, 6.45) is 10.6. The zero-order valence-electron chi connectivity index (χ0n) is 13.8. The molecule has 2 aliphatic rings. The summed E-state index contributed by atoms with van der Waals surface area (Å²) >= 11 is 0. The topological polar surface area (TPSA) is 24.1 Å². The Bertz CT molecular complexity index is 454. The average Bonchev–Trinajstić information content (AvgIpc) is 2.73. The Morgan fingerprint density at radius 1 is 1.20 bits per heavy atom. The van der Waals surface area contributed by atoms with Crippen LogP contribution in [0.4, 0.5) is 0 Å². The fourth-order valence-corrected chi connectivity index (χ4v) is 3.22. The number of rotatable bonds is 3. The van der Waals surface area contributed by atoms with Gasteiger partial charge in [0.25, 0.3) is 0 Å². The molecule has 2 heteroatoms. The Hall–Kier alpha value is -0.860. The SMILES string of the molecule is CCC1=CC=C2CNNCC(C)(C(C)(C)CC)C2=CC1. The zero-order chi connectivity index (χ0) is 14.8. The van der Waals surface area contributed by atoms with Crippen molar-refractivity contribution in [3.05, 3.63) is 34.9 Å². The minimum Gasteiger partial charge on any atom is -0.257 e. The van der Waals surface area contributed by atoms with Gasteiger partial charge in [0, 0.05) is 18.5 Å². The van der Waals surface area contributed by atoms with E-state index in [2.05, 4.69) is 63.7 Å². The maximum absolute atomic E-state index is 3.43. The molecule has 0 aromatic heterocycles. The molecule has 1 unspecified atom stereocenters. The molecule has 0 bridgehead atoms. The van der Waals surface area contributed by atoms with Gasteiger partial charge in [0.1, 0.15) is 0 Å². The molecule has 2 rings (SSSR count). The molecule has 1 atom stereocenters. The second kappa shape index (κ2) is 5.87. The smallest absolute Gasteiger partial charge is 0.0353 e. The summed E-state index contributed by atoms with van der Waals surface area (Å²) in [7, 11) is 0. The van der Waals surface area contributed by atoms with E-state index >= 15 is 0 Å². The lowest BCUT2D eigenvalue weighted by molar-refractivity contribution is 0.124. The first-order valence-electron chi connectivity index (χ1n) is 8.00. The first-order chi connectivity index (χ1) is 9.44. The van der Waals surface area contributed by atoms with E-state index in [0.29, 0.717) is 0 Å². The minimum atomic E-state index is 0.161. The Morgan fingerprint density at radius 2 is 1.95 bits per heavy atom. The van der Waals surface area contributed by atoms with Crippen LogP contribution in [0.1, 0.15) is 53.9 Å². The summed E-state index contributed by atoms with van der Waals surface area (Å²) in [5, 5.41) is 0. The van der Waals surface area contributed by atoms with Crippen molar-refractivity contribution >= 4 is 0 Å². The van der Waals surface area contributed by atoms with E-state index in [1.807, 2.05) is 0 Å². The molecule has 0 spiro atoms. The molecule has 0 aromatic rings. The van der Waals surface area contributed by atoms with Gasteiger partial charge in [-0.05, 0) is 29.4 Å². The third kappa shape index (κ3) is 2.64. The van der Waals surface area contributed by atoms with E-state index in [1.165, 1.54) is 17.6 Å². The van der Waals surface area contributed by atoms with E-state index < -0.39 is 0 Å². The van der Waals surface area contributed by atoms with E-state index in [1.54, 1.807) is 5.57 Å². The summed E-state index contributed by atoms with van der Waals surface area (Å²) < 4.78 is 0. The molecule has 0 radical (unpaired) electrons. The van der Waals surface area contributed by atoms with E-state index in [4.69, 9.17) is 0 Å². The maximum atomic E-state index is 3.43. The lowest BCUT2D eigenvalue weighted by atomic mass is 9.60. The van der Waals surface area contributed by atoms with Gasteiger partial charge in [-0.15, -0.1) is 0 Å². The van der Waals surface area contributed by atoms with Crippen molar-refractivity contribution in [2.45, 2.75) is 53.9 Å². The van der Waals surface area contributed by atoms with Crippen LogP contribution in [0.3, 0.4) is 0 Å². The molecule has 0 amide bonds. The van der Waals surface area contributed by atoms with Crippen LogP contribution in [0.25, 0.3) is 0 Å². The number of hydrogen-bond acceptors (Lipinski definition) is 2. The Labute approximate surface area is 124 Å². The van der Waals surface area contributed by atoms with Crippen molar-refractivity contribution in [1.82, 2.24) is 10.9 Å². The quantitative estimate of drug-likeness (QED) is 0.808. The lowest BCUT2D eigenvalue weighted by Crippen LogP contribution is -2.45. The van der Waals surface area contributed by atoms with Crippen LogP contribution in [-0.4, -0.2) is 13.1 Å². The normalized spacial score (nSPS) is 27.8. The van der Waals surface area contributed by atoms with Crippen LogP contribution in [-0.2, 0) is 0 Å². The second-order valence-electron chi connectivity index (χ2n) is 6.97. The Balaban J connectivity index is 2.47. The molecule has 112 valence electrons. The first kappa shape index (κ1) is 15.5. The van der Waals surface area contributed by atoms with Gasteiger partial charge in [0.15, 0.2) is 0 Å². The Morgan fingerprint density at radius 3 is 2.60 bits per heavy atom. The predicted octanol–water partition coefficient (Wildman–Crippen LogP) is 4.13. The van der Waals surface area contributed by atoms with Crippen molar-refractivity contribution in [1.29, 1.82) is 0 Å². The van der Waals surface area contributed by atoms with Crippen molar-refractivity contribution < 1.29 is 0 Å². The number of nitrogens with one attached hydrogen (secondary N) is 2. The van der Waals surface area contributed by atoms with Crippen molar-refractivity contribution in [3.8, 4) is 0 Å². The zero-order valence-corrected chi connectivity index (χ0v) is 13.8. The van der Waals surface area contributed by atoms with Gasteiger partial charge in [-0.2, -0.15) is 0 Å². The molecule has 20 heavy (non-hydrogen) atoms. The number of allylic oxidation sites excluding steroid dienone is 4. The van der Waals surface area contributed by atoms with Crippen molar-refractivity contribution in [2.75, 3.05) is 13.1 Å². The molecule has 0 saturated carbocycles. The fraction of sp³-hybridized carbons (Fsp3) is 0.667. The highest BCUT2D eigenvalue weighted by Crippen LogP contribution is 2.50. The van der Waals surface area contributed by atoms with Gasteiger partial charge in [-0.3, -0.25) is 10.9 Å². The molecule has 1 fully saturated rings. The van der Waals surface area contributed by atoms with Crippen LogP contribution < -0.4 is 10.9 Å². The monoisotopic (exact) mass is 274 g/mol. The van der Waals surface area contributed by atoms with E-state index in [-0.39, 0.29) is 10.8 Å². The van der Waals surface area contributed by atoms with Gasteiger partial charge in [0.2, 0.25) is 0 Å². The number of hydrazine groups is 1. The molecular weight excluding hydrogens is 244 g/mol. The van der Waals surface area contributed by atoms with Gasteiger partial charge in [0.05, 0.1) is 0 Å². The number of hydrogen-bond donors (Lipinski definition) is 2. The van der Waals surface area contributed by atoms with Crippen LogP contribution in [0, 0.1) is 10.8 Å². The van der Waals surface area contributed by atoms with E-state index in [0.717, 1.165) is 25.9 Å². The highest BCUT2D eigenvalue weighted by molar-refractivity contribution is 5.45. The Kier molecular flexibility index (Phi) is 4.55. The fourth-order valence-electron chi connectivity index (χ4n) is 3.22. The minimum absolute atomic E-state index is 0.161. The van der Waals surface area contributed by atoms with Crippen molar-refractivity contribution in [3.63, 3.8) is 0 Å². The first-order valence-corrected chi connectivity index (χ1v) is 8.00. The molecule has 2 nitrogen and oxygen atoms in total. The lowest BCUT2D eigenvalue weighted by Gasteiger charge is -2.45. The van der Waals surface area contributed by atoms with E-state index in [9.17, 15) is 0 Å². The maximum Gasteiger partial charge on any atom is 0.0353 e. The third-order valence-corrected chi connectivity index (χ3v) is 5.71. The van der Waals surface area contributed by atoms with Gasteiger partial charge < -0.3 is 0 Å². The molecule has 1 saturated heterocycles. The predicted molar refractivity (Wildman–Crippen MR) is 87.3 cm³/mol. The summed E-state index contributed by atoms with van der Waals surface area (Å²) in [4.78, 5) is 0. The molecular formula is C18H30N2.